The first-order valence-electron chi connectivity index (χ1n) is 32.1. The molecule has 2 aliphatic heterocycles. The third-order valence-corrected chi connectivity index (χ3v) is 15.3. The number of alkyl carbamates (subject to hydrolysis) is 2. The lowest BCUT2D eigenvalue weighted by Crippen LogP contribution is -2.36. The normalized spacial score (nSPS) is 16.8. The predicted octanol–water partition coefficient (Wildman–Crippen LogP) is 5.83. The third kappa shape index (κ3) is 20.5. The number of carbonyl (C=O) groups excluding carboxylic acids is 8. The molecule has 0 spiro atoms. The molecule has 10 rings (SSSR count). The lowest BCUT2D eigenvalue weighted by Gasteiger charge is -2.19. The van der Waals surface area contributed by atoms with Crippen molar-refractivity contribution >= 4 is 94.0 Å². The van der Waals surface area contributed by atoms with E-state index in [1.165, 1.54) is 4.57 Å². The van der Waals surface area contributed by atoms with E-state index in [0.717, 1.165) is 11.1 Å². The first kappa shape index (κ1) is 74.0. The van der Waals surface area contributed by atoms with E-state index in [4.69, 9.17) is 48.1 Å². The maximum atomic E-state index is 13.3. The Morgan fingerprint density at radius 1 is 0.490 bits per heavy atom. The summed E-state index contributed by atoms with van der Waals surface area (Å²) >= 11 is 0. The molecule has 8 aromatic rings. The number of amides is 4. The van der Waals surface area contributed by atoms with Crippen LogP contribution in [0.3, 0.4) is 0 Å². The molecule has 102 heavy (non-hydrogen) atoms. The zero-order chi connectivity index (χ0) is 73.0. The molecule has 2 fully saturated rings. The number of benzene rings is 4. The van der Waals surface area contributed by atoms with Crippen LogP contribution in [0.2, 0.25) is 0 Å². The smallest absolute Gasteiger partial charge is 0.407 e. The Balaban J connectivity index is 0.000000247. The molecular formula is C68H72N12O22. The second kappa shape index (κ2) is 35.0. The summed E-state index contributed by atoms with van der Waals surface area (Å²) in [4.78, 5) is 171. The Labute approximate surface area is 578 Å². The van der Waals surface area contributed by atoms with Crippen LogP contribution < -0.4 is 32.4 Å². The van der Waals surface area contributed by atoms with Crippen molar-refractivity contribution in [2.24, 2.45) is 11.8 Å². The molecule has 0 saturated carbocycles. The van der Waals surface area contributed by atoms with Crippen molar-refractivity contribution < 1.29 is 96.1 Å². The number of aromatic amines is 2. The standard InChI is InChI=1S/C41H42N6O11.C27H30N6O11/c1-25(2)38(51)45-40-44-37-35(39(52)46-40)43-36(28-16-10-5-11-17-28)47(37)31-20-29(58-33(49)19-18-32(48)54-22-26-12-6-3-7-13-26)30(57-31)24-56-41(53)42-21-34(50)55-23-27-14-8-4-9-15-27;1-13(2)24(39)31-26-30-23-21(25(40)32-26)29-22(14-6-4-3-5-7-14)33(23)17-10-15(44-20(38)9-8-18(34)35)16(43-17)12-42-27(41)28-11-19(36)37/h3-17,25,29-31H,18-24H2,1-2H3,(H,42,53)(H2,44,45,46,51,52);3-7,13,15-17H,8-12H2,1-2H3,(H,28,41)(H,34,35)(H,36,37)(H2,30,31,32,39,40)/t29-,30-,31-;15-,16-,17-/m11/s1. The summed E-state index contributed by atoms with van der Waals surface area (Å²) in [6, 6.07) is 35.8. The van der Waals surface area contributed by atoms with Crippen molar-refractivity contribution in [1.82, 2.24) is 49.7 Å². The molecule has 4 aromatic carbocycles. The zero-order valence-corrected chi connectivity index (χ0v) is 55.4. The lowest BCUT2D eigenvalue weighted by molar-refractivity contribution is -0.157. The van der Waals surface area contributed by atoms with E-state index in [0.29, 0.717) is 11.1 Å². The maximum Gasteiger partial charge on any atom is 0.407 e. The highest BCUT2D eigenvalue weighted by Crippen LogP contribution is 2.39. The van der Waals surface area contributed by atoms with Crippen molar-refractivity contribution in [3.63, 3.8) is 0 Å². The Kier molecular flexibility index (Phi) is 25.4. The number of esters is 4. The highest BCUT2D eigenvalue weighted by atomic mass is 16.6. The number of hydrogen-bond acceptors (Lipinski definition) is 24. The van der Waals surface area contributed by atoms with Crippen LogP contribution in [0.25, 0.3) is 45.1 Å². The van der Waals surface area contributed by atoms with Gasteiger partial charge in [-0.2, -0.15) is 9.97 Å². The van der Waals surface area contributed by atoms with Gasteiger partial charge < -0.3 is 58.7 Å². The van der Waals surface area contributed by atoms with Crippen LogP contribution in [-0.4, -0.2) is 160 Å². The van der Waals surface area contributed by atoms with E-state index >= 15 is 0 Å². The molecule has 8 N–H and O–H groups in total. The van der Waals surface area contributed by atoms with Crippen LogP contribution in [0.1, 0.15) is 89.8 Å². The summed E-state index contributed by atoms with van der Waals surface area (Å²) in [7, 11) is 0. The number of ether oxygens (including phenoxy) is 8. The minimum absolute atomic E-state index is 0.0196. The van der Waals surface area contributed by atoms with Gasteiger partial charge in [-0.1, -0.05) is 149 Å². The Hall–Kier alpha value is -12.2. The predicted molar refractivity (Wildman–Crippen MR) is 356 cm³/mol. The summed E-state index contributed by atoms with van der Waals surface area (Å²) < 4.78 is 47.9. The third-order valence-electron chi connectivity index (χ3n) is 15.3. The van der Waals surface area contributed by atoms with Gasteiger partial charge in [0, 0.05) is 35.8 Å². The molecule has 0 radical (unpaired) electrons. The van der Waals surface area contributed by atoms with Crippen LogP contribution >= 0.6 is 0 Å². The van der Waals surface area contributed by atoms with E-state index in [2.05, 4.69) is 45.9 Å². The van der Waals surface area contributed by atoms with Gasteiger partial charge in [-0.25, -0.2) is 19.6 Å². The van der Waals surface area contributed by atoms with Crippen molar-refractivity contribution in [2.45, 2.75) is 116 Å². The summed E-state index contributed by atoms with van der Waals surface area (Å²) in [5.41, 5.74) is 1.43. The van der Waals surface area contributed by atoms with Gasteiger partial charge in [-0.15, -0.1) is 0 Å². The van der Waals surface area contributed by atoms with Crippen LogP contribution in [0.5, 0.6) is 0 Å². The van der Waals surface area contributed by atoms with E-state index < -0.39 is 153 Å². The number of rotatable bonds is 28. The van der Waals surface area contributed by atoms with Crippen LogP contribution in [-0.2, 0) is 89.5 Å². The van der Waals surface area contributed by atoms with Crippen molar-refractivity contribution in [3.8, 4) is 22.8 Å². The fourth-order valence-electron chi connectivity index (χ4n) is 10.2. The first-order valence-corrected chi connectivity index (χ1v) is 32.1. The van der Waals surface area contributed by atoms with Crippen molar-refractivity contribution in [2.75, 3.05) is 36.9 Å². The highest BCUT2D eigenvalue weighted by molar-refractivity contribution is 5.92. The summed E-state index contributed by atoms with van der Waals surface area (Å²) in [6.45, 7) is 4.68. The molecule has 0 aliphatic carbocycles. The molecule has 6 heterocycles. The minimum Gasteiger partial charge on any atom is -0.481 e. The Bertz CT molecular complexity index is 4450. The number of H-pyrrole nitrogens is 2. The molecule has 4 aromatic heterocycles. The number of carboxylic acids is 2. The average Bonchev–Trinajstić information content (AvgIpc) is 1.60. The van der Waals surface area contributed by atoms with Crippen molar-refractivity contribution in [1.29, 1.82) is 0 Å². The summed E-state index contributed by atoms with van der Waals surface area (Å²) in [6.07, 6.45) is -9.85. The number of fused-ring (bicyclic) bond motifs is 2. The number of aromatic nitrogens is 8. The molecule has 34 heteroatoms. The molecule has 34 nitrogen and oxygen atoms in total. The molecule has 2 saturated heterocycles. The SMILES string of the molecule is CC(C)C(=O)Nc1nc2c(nc(-c3ccccc3)n2[C@H]2C[C@@H](OC(=O)CCC(=O)O)[C@@H](COC(=O)NCC(=O)O)O2)c(=O)[nH]1.CC(C)C(=O)Nc1nc2c(nc(-c3ccccc3)n2[C@H]2C[C@@H](OC(=O)CCC(=O)OCc3ccccc3)[C@@H](COC(=O)NCC(=O)OCc3ccccc3)O2)c(=O)[nH]1. The molecule has 6 atom stereocenters. The number of nitrogens with zero attached hydrogens (tertiary/aromatic N) is 6. The second-order valence-electron chi connectivity index (χ2n) is 23.6. The molecule has 4 amide bonds. The van der Waals surface area contributed by atoms with Crippen LogP contribution in [0.4, 0.5) is 21.5 Å². The largest absolute Gasteiger partial charge is 0.481 e. The number of imidazole rings is 2. The second-order valence-corrected chi connectivity index (χ2v) is 23.6. The molecule has 2 aliphatic rings. The fourth-order valence-corrected chi connectivity index (χ4v) is 10.2. The quantitative estimate of drug-likeness (QED) is 0.0211. The van der Waals surface area contributed by atoms with E-state index in [9.17, 15) is 57.5 Å². The number of carboxylic acid groups (broad SMARTS) is 2. The molecule has 536 valence electrons. The van der Waals surface area contributed by atoms with Crippen molar-refractivity contribution in [3.05, 3.63) is 153 Å². The molecule has 0 unspecified atom stereocenters. The Morgan fingerprint density at radius 3 is 1.27 bits per heavy atom. The first-order chi connectivity index (χ1) is 49.0. The van der Waals surface area contributed by atoms with Gasteiger partial charge in [-0.3, -0.25) is 77.7 Å². The number of nitrogens with one attached hydrogen (secondary N) is 6. The zero-order valence-electron chi connectivity index (χ0n) is 55.4. The number of aliphatic carboxylic acids is 2. The number of anilines is 2. The lowest BCUT2D eigenvalue weighted by atomic mass is 10.1. The summed E-state index contributed by atoms with van der Waals surface area (Å²) in [5, 5.41) is 27.2. The number of carbonyl (C=O) groups is 10. The fraction of sp³-hybridized carbons (Fsp3) is 0.353. The van der Waals surface area contributed by atoms with Gasteiger partial charge in [-0.05, 0) is 11.1 Å². The van der Waals surface area contributed by atoms with Gasteiger partial charge in [0.1, 0.15) is 88.0 Å². The minimum atomic E-state index is -1.30. The average molecular weight is 1410 g/mol. The van der Waals surface area contributed by atoms with E-state index in [-0.39, 0.29) is 90.7 Å². The van der Waals surface area contributed by atoms with Gasteiger partial charge in [0.25, 0.3) is 11.1 Å². The monoisotopic (exact) mass is 1410 g/mol. The van der Waals surface area contributed by atoms with Gasteiger partial charge in [0.2, 0.25) is 23.7 Å². The highest BCUT2D eigenvalue weighted by Gasteiger charge is 2.44. The molecular weight excluding hydrogens is 1340 g/mol. The number of hydrogen-bond donors (Lipinski definition) is 8. The topological polar surface area (TPSA) is 460 Å². The Morgan fingerprint density at radius 2 is 0.873 bits per heavy atom. The van der Waals surface area contributed by atoms with Gasteiger partial charge in [0.05, 0.1) is 25.7 Å². The van der Waals surface area contributed by atoms with Crippen LogP contribution in [0, 0.1) is 11.8 Å². The van der Waals surface area contributed by atoms with Gasteiger partial charge in [0.15, 0.2) is 22.3 Å². The van der Waals surface area contributed by atoms with Gasteiger partial charge >= 0.3 is 48.0 Å². The van der Waals surface area contributed by atoms with E-state index in [1.807, 2.05) is 35.6 Å². The van der Waals surface area contributed by atoms with E-state index in [1.54, 1.807) is 123 Å². The summed E-state index contributed by atoms with van der Waals surface area (Å²) in [5.74, 6) is -6.69. The maximum absolute atomic E-state index is 13.3. The van der Waals surface area contributed by atoms with Crippen LogP contribution in [0.15, 0.2) is 131 Å². The molecule has 0 bridgehead atoms.